The average molecular weight is 239 g/mol. The first-order valence-corrected chi connectivity index (χ1v) is 5.92. The summed E-state index contributed by atoms with van der Waals surface area (Å²) in [6.07, 6.45) is -0.0495. The number of hydrogen-bond donors (Lipinski definition) is 1. The van der Waals surface area contributed by atoms with Gasteiger partial charge in [0.25, 0.3) is 0 Å². The molecule has 2 N–H and O–H groups in total. The Labute approximate surface area is 98.8 Å². The van der Waals surface area contributed by atoms with Crippen molar-refractivity contribution in [3.05, 3.63) is 35.6 Å². The fourth-order valence-electron chi connectivity index (χ4n) is 2.78. The van der Waals surface area contributed by atoms with Gasteiger partial charge in [-0.05, 0) is 24.1 Å². The summed E-state index contributed by atoms with van der Waals surface area (Å²) in [6, 6.07) is 6.00. The summed E-state index contributed by atoms with van der Waals surface area (Å²) < 4.78 is 31.4. The van der Waals surface area contributed by atoms with Gasteiger partial charge in [0.2, 0.25) is 0 Å². The van der Waals surface area contributed by atoms with Gasteiger partial charge in [-0.3, -0.25) is 0 Å². The number of fused-ring (bicyclic) bond motifs is 1. The van der Waals surface area contributed by atoms with E-state index in [1.807, 2.05) is 0 Å². The van der Waals surface area contributed by atoms with Crippen LogP contribution in [0.15, 0.2) is 24.3 Å². The van der Waals surface area contributed by atoms with E-state index >= 15 is 0 Å². The van der Waals surface area contributed by atoms with Crippen LogP contribution in [-0.4, -0.2) is 18.3 Å². The summed E-state index contributed by atoms with van der Waals surface area (Å²) in [7, 11) is 0. The molecule has 4 heteroatoms. The molecule has 2 fully saturated rings. The van der Waals surface area contributed by atoms with E-state index in [1.54, 1.807) is 12.1 Å². The Kier molecular flexibility index (Phi) is 2.64. The summed E-state index contributed by atoms with van der Waals surface area (Å²) >= 11 is 0. The van der Waals surface area contributed by atoms with Crippen LogP contribution in [0.1, 0.15) is 12.0 Å². The molecule has 2 unspecified atom stereocenters. The van der Waals surface area contributed by atoms with E-state index in [2.05, 4.69) is 0 Å². The van der Waals surface area contributed by atoms with Crippen LogP contribution in [0.5, 0.6) is 0 Å². The molecule has 3 rings (SSSR count). The molecule has 0 amide bonds. The first kappa shape index (κ1) is 11.1. The molecule has 2 saturated carbocycles. The third-order valence-corrected chi connectivity index (χ3v) is 3.89. The van der Waals surface area contributed by atoms with Crippen molar-refractivity contribution in [2.75, 3.05) is 0 Å². The zero-order valence-electron chi connectivity index (χ0n) is 9.35. The quantitative estimate of drug-likeness (QED) is 0.876. The number of rotatable bonds is 3. The molecule has 2 nitrogen and oxygen atoms in total. The minimum Gasteiger partial charge on any atom is -0.372 e. The number of alkyl halides is 1. The highest BCUT2D eigenvalue weighted by Gasteiger charge is 2.62. The Morgan fingerprint density at radius 3 is 2.59 bits per heavy atom. The van der Waals surface area contributed by atoms with E-state index < -0.39 is 6.17 Å². The molecule has 5 atom stereocenters. The lowest BCUT2D eigenvalue weighted by Gasteiger charge is -2.20. The van der Waals surface area contributed by atoms with Gasteiger partial charge in [-0.2, -0.15) is 0 Å². The summed E-state index contributed by atoms with van der Waals surface area (Å²) in [6.45, 7) is 0.412. The number of ether oxygens (including phenoxy) is 1. The molecule has 1 aromatic carbocycles. The van der Waals surface area contributed by atoms with Gasteiger partial charge in [-0.15, -0.1) is 0 Å². The second-order valence-corrected chi connectivity index (χ2v) is 4.97. The number of benzene rings is 1. The van der Waals surface area contributed by atoms with Gasteiger partial charge in [0.05, 0.1) is 12.7 Å². The van der Waals surface area contributed by atoms with Gasteiger partial charge in [-0.25, -0.2) is 8.78 Å². The fraction of sp³-hybridized carbons (Fsp3) is 0.538. The van der Waals surface area contributed by atoms with E-state index in [1.165, 1.54) is 12.1 Å². The van der Waals surface area contributed by atoms with Gasteiger partial charge in [0.1, 0.15) is 12.0 Å². The van der Waals surface area contributed by atoms with Crippen LogP contribution in [0.3, 0.4) is 0 Å². The van der Waals surface area contributed by atoms with E-state index in [0.717, 1.165) is 5.56 Å². The Morgan fingerprint density at radius 2 is 2.00 bits per heavy atom. The van der Waals surface area contributed by atoms with E-state index in [-0.39, 0.29) is 29.8 Å². The van der Waals surface area contributed by atoms with Crippen LogP contribution in [0.25, 0.3) is 0 Å². The van der Waals surface area contributed by atoms with Gasteiger partial charge >= 0.3 is 0 Å². The second-order valence-electron chi connectivity index (χ2n) is 4.97. The molecule has 0 aromatic heterocycles. The van der Waals surface area contributed by atoms with Crippen LogP contribution in [0.2, 0.25) is 0 Å². The van der Waals surface area contributed by atoms with Crippen LogP contribution >= 0.6 is 0 Å². The molecule has 0 spiro atoms. The summed E-state index contributed by atoms with van der Waals surface area (Å²) in [5, 5.41) is 0. The van der Waals surface area contributed by atoms with Crippen LogP contribution in [0, 0.1) is 17.7 Å². The number of halogens is 2. The first-order valence-electron chi connectivity index (χ1n) is 5.92. The Balaban J connectivity index is 1.54. The smallest absolute Gasteiger partial charge is 0.123 e. The van der Waals surface area contributed by atoms with Crippen LogP contribution in [-0.2, 0) is 11.3 Å². The topological polar surface area (TPSA) is 35.2 Å². The number of hydrogen-bond acceptors (Lipinski definition) is 2. The number of nitrogens with two attached hydrogens (primary N) is 1. The fourth-order valence-corrected chi connectivity index (χ4v) is 2.78. The van der Waals surface area contributed by atoms with Gasteiger partial charge in [0, 0.05) is 17.9 Å². The standard InChI is InChI=1S/C13H15F2NO/c14-8-3-1-7(2-4-8)6-17-10-5-9-11(12(9)15)13(10)16/h1-4,9-13H,5-6,16H2/t9-,10-,11+,12?,13?/m1/s1. The van der Waals surface area contributed by atoms with E-state index in [0.29, 0.717) is 13.0 Å². The summed E-state index contributed by atoms with van der Waals surface area (Å²) in [5.74, 6) is -0.135. The zero-order chi connectivity index (χ0) is 12.0. The molecule has 92 valence electrons. The maximum Gasteiger partial charge on any atom is 0.123 e. The molecule has 2 aliphatic rings. The van der Waals surface area contributed by atoms with E-state index in [4.69, 9.17) is 10.5 Å². The first-order chi connectivity index (χ1) is 8.16. The Hall–Kier alpha value is -1.00. The van der Waals surface area contributed by atoms with Crippen LogP contribution < -0.4 is 5.73 Å². The van der Waals surface area contributed by atoms with Crippen LogP contribution in [0.4, 0.5) is 8.78 Å². The highest BCUT2D eigenvalue weighted by Crippen LogP contribution is 2.54. The summed E-state index contributed by atoms with van der Waals surface area (Å²) in [5.41, 5.74) is 6.83. The molecule has 1 aromatic rings. The highest BCUT2D eigenvalue weighted by atomic mass is 19.1. The zero-order valence-corrected chi connectivity index (χ0v) is 9.35. The van der Waals surface area contributed by atoms with Gasteiger partial charge in [-0.1, -0.05) is 12.1 Å². The largest absolute Gasteiger partial charge is 0.372 e. The lowest BCUT2D eigenvalue weighted by molar-refractivity contribution is 0.0214. The van der Waals surface area contributed by atoms with Gasteiger partial charge < -0.3 is 10.5 Å². The predicted octanol–water partition coefficient (Wildman–Crippen LogP) is 2.03. The van der Waals surface area contributed by atoms with Crippen molar-refractivity contribution >= 4 is 0 Å². The highest BCUT2D eigenvalue weighted by molar-refractivity contribution is 5.16. The third kappa shape index (κ3) is 1.96. The van der Waals surface area contributed by atoms with Crippen molar-refractivity contribution in [3.63, 3.8) is 0 Å². The van der Waals surface area contributed by atoms with Crippen molar-refractivity contribution < 1.29 is 13.5 Å². The van der Waals surface area contributed by atoms with Crippen molar-refractivity contribution in [3.8, 4) is 0 Å². The van der Waals surface area contributed by atoms with Crippen molar-refractivity contribution in [1.82, 2.24) is 0 Å². The molecule has 0 radical (unpaired) electrons. The minimum atomic E-state index is -0.712. The van der Waals surface area contributed by atoms with Crippen molar-refractivity contribution in [1.29, 1.82) is 0 Å². The third-order valence-electron chi connectivity index (χ3n) is 3.89. The van der Waals surface area contributed by atoms with Gasteiger partial charge in [0.15, 0.2) is 0 Å². The maximum atomic E-state index is 13.1. The average Bonchev–Trinajstić information content (AvgIpc) is 2.81. The molecule has 0 heterocycles. The minimum absolute atomic E-state index is 0.00761. The van der Waals surface area contributed by atoms with Crippen molar-refractivity contribution in [2.45, 2.75) is 31.3 Å². The molecular weight excluding hydrogens is 224 g/mol. The monoisotopic (exact) mass is 239 g/mol. The second kappa shape index (κ2) is 4.03. The molecule has 0 saturated heterocycles. The Bertz CT molecular complexity index is 408. The molecular formula is C13H15F2NO. The lowest BCUT2D eigenvalue weighted by atomic mass is 10.1. The molecule has 0 bridgehead atoms. The molecule has 2 aliphatic carbocycles. The molecule has 17 heavy (non-hydrogen) atoms. The lowest BCUT2D eigenvalue weighted by Crippen LogP contribution is -2.36. The summed E-state index contributed by atoms with van der Waals surface area (Å²) in [4.78, 5) is 0. The van der Waals surface area contributed by atoms with Crippen molar-refractivity contribution in [2.24, 2.45) is 17.6 Å². The predicted molar refractivity (Wildman–Crippen MR) is 59.4 cm³/mol. The molecule has 0 aliphatic heterocycles. The van der Waals surface area contributed by atoms with E-state index in [9.17, 15) is 8.78 Å². The normalized spacial score (nSPS) is 39.1. The maximum absolute atomic E-state index is 13.1. The Morgan fingerprint density at radius 1 is 1.29 bits per heavy atom. The SMILES string of the molecule is NC1[C@@H]2C(F)[C@@H]2C[C@H]1OCc1ccc(F)cc1.